The number of carbonyl (C=O) groups is 1. The zero-order valence-corrected chi connectivity index (χ0v) is 12.1. The first-order valence-electron chi connectivity index (χ1n) is 5.62. The van der Waals surface area contributed by atoms with Gasteiger partial charge in [-0.1, -0.05) is 0 Å². The van der Waals surface area contributed by atoms with Crippen LogP contribution in [0.5, 0.6) is 0 Å². The minimum Gasteiger partial charge on any atom is -0.480 e. The molecule has 2 unspecified atom stereocenters. The summed E-state index contributed by atoms with van der Waals surface area (Å²) in [5, 5.41) is 17.6. The minimum atomic E-state index is -4.08. The largest absolute Gasteiger partial charge is 0.480 e. The fraction of sp³-hybridized carbons (Fsp3) is 0.364. The van der Waals surface area contributed by atoms with Gasteiger partial charge in [0, 0.05) is 11.9 Å². The molecule has 1 aliphatic heterocycles. The van der Waals surface area contributed by atoms with Gasteiger partial charge in [0.25, 0.3) is 0 Å². The van der Waals surface area contributed by atoms with Gasteiger partial charge in [-0.3, -0.25) is 4.79 Å². The van der Waals surface area contributed by atoms with Crippen LogP contribution >= 0.6 is 11.8 Å². The third-order valence-electron chi connectivity index (χ3n) is 2.88. The lowest BCUT2D eigenvalue weighted by Crippen LogP contribution is -2.44. The third-order valence-corrected chi connectivity index (χ3v) is 6.24. The third kappa shape index (κ3) is 2.37. The summed E-state index contributed by atoms with van der Waals surface area (Å²) in [7, 11) is -4.08. The second kappa shape index (κ2) is 5.40. The highest BCUT2D eigenvalue weighted by Gasteiger charge is 2.45. The van der Waals surface area contributed by atoms with Crippen LogP contribution < -0.4 is 0 Å². The summed E-state index contributed by atoms with van der Waals surface area (Å²) in [6.45, 7) is 1.62. The van der Waals surface area contributed by atoms with E-state index in [2.05, 4.69) is 4.98 Å². The summed E-state index contributed by atoms with van der Waals surface area (Å²) >= 11 is 1.24. The second-order valence-electron chi connectivity index (χ2n) is 4.08. The molecular weight excluding hydrogens is 302 g/mol. The van der Waals surface area contributed by atoms with E-state index in [0.29, 0.717) is 0 Å². The number of pyridine rings is 1. The SMILES string of the molecule is CC1SCC(C(=O)O)N1S(=O)(=O)c1cccnc1C#N. The van der Waals surface area contributed by atoms with Gasteiger partial charge in [0.1, 0.15) is 17.0 Å². The van der Waals surface area contributed by atoms with Crippen molar-refractivity contribution in [1.82, 2.24) is 9.29 Å². The number of carboxylic acid groups (broad SMARTS) is 1. The van der Waals surface area contributed by atoms with Crippen molar-refractivity contribution in [3.05, 3.63) is 24.0 Å². The standard InChI is InChI=1S/C11H11N3O4S2/c1-7-14(9(6-19-7)11(15)16)20(17,18)10-3-2-4-13-8(10)5-12/h2-4,7,9H,6H2,1H3,(H,15,16). The maximum atomic E-state index is 12.6. The molecule has 2 atom stereocenters. The number of thioether (sulfide) groups is 1. The lowest BCUT2D eigenvalue weighted by molar-refractivity contribution is -0.140. The van der Waals surface area contributed by atoms with Crippen LogP contribution in [0.15, 0.2) is 23.2 Å². The molecule has 1 fully saturated rings. The molecule has 20 heavy (non-hydrogen) atoms. The normalized spacial score (nSPS) is 23.4. The Morgan fingerprint density at radius 2 is 2.35 bits per heavy atom. The molecule has 0 radical (unpaired) electrons. The van der Waals surface area contributed by atoms with Crippen molar-refractivity contribution in [2.75, 3.05) is 5.75 Å². The molecule has 1 aliphatic rings. The lowest BCUT2D eigenvalue weighted by atomic mass is 10.3. The van der Waals surface area contributed by atoms with E-state index in [1.807, 2.05) is 0 Å². The molecule has 106 valence electrons. The number of sulfonamides is 1. The van der Waals surface area contributed by atoms with Gasteiger partial charge in [0.05, 0.1) is 5.37 Å². The molecule has 0 bridgehead atoms. The number of carboxylic acids is 1. The number of aromatic nitrogens is 1. The van der Waals surface area contributed by atoms with Crippen LogP contribution in [0.3, 0.4) is 0 Å². The molecule has 0 saturated carbocycles. The molecule has 0 aromatic carbocycles. The van der Waals surface area contributed by atoms with E-state index in [1.165, 1.54) is 30.1 Å². The highest BCUT2D eigenvalue weighted by molar-refractivity contribution is 8.01. The molecule has 1 saturated heterocycles. The Balaban J connectivity index is 2.55. The molecule has 0 aliphatic carbocycles. The Bertz CT molecular complexity index is 683. The van der Waals surface area contributed by atoms with Crippen molar-refractivity contribution in [2.24, 2.45) is 0 Å². The van der Waals surface area contributed by atoms with E-state index >= 15 is 0 Å². The number of nitrogens with zero attached hydrogens (tertiary/aromatic N) is 3. The van der Waals surface area contributed by atoms with Crippen molar-refractivity contribution in [2.45, 2.75) is 23.2 Å². The topological polar surface area (TPSA) is 111 Å². The molecule has 1 N–H and O–H groups in total. The Kier molecular flexibility index (Phi) is 3.99. The molecule has 1 aromatic rings. The van der Waals surface area contributed by atoms with Crippen molar-refractivity contribution >= 4 is 27.8 Å². The van der Waals surface area contributed by atoms with E-state index < -0.39 is 27.4 Å². The highest BCUT2D eigenvalue weighted by atomic mass is 32.2. The van der Waals surface area contributed by atoms with Gasteiger partial charge in [0.2, 0.25) is 10.0 Å². The number of nitriles is 1. The van der Waals surface area contributed by atoms with Crippen molar-refractivity contribution in [1.29, 1.82) is 5.26 Å². The number of aliphatic carboxylic acids is 1. The smallest absolute Gasteiger partial charge is 0.322 e. The van der Waals surface area contributed by atoms with Crippen LogP contribution in [-0.4, -0.2) is 46.0 Å². The fourth-order valence-electron chi connectivity index (χ4n) is 1.97. The molecule has 1 aromatic heterocycles. The lowest BCUT2D eigenvalue weighted by Gasteiger charge is -2.24. The Labute approximate surface area is 120 Å². The van der Waals surface area contributed by atoms with Gasteiger partial charge < -0.3 is 5.11 Å². The first-order valence-corrected chi connectivity index (χ1v) is 8.11. The molecule has 2 heterocycles. The zero-order chi connectivity index (χ0) is 14.9. The Morgan fingerprint density at radius 3 is 2.95 bits per heavy atom. The summed E-state index contributed by atoms with van der Waals surface area (Å²) in [5.41, 5.74) is -0.235. The summed E-state index contributed by atoms with van der Waals surface area (Å²) < 4.78 is 26.1. The average Bonchev–Trinajstić information content (AvgIpc) is 2.81. The summed E-state index contributed by atoms with van der Waals surface area (Å²) in [6.07, 6.45) is 1.31. The van der Waals surface area contributed by atoms with Gasteiger partial charge in [0.15, 0.2) is 5.69 Å². The van der Waals surface area contributed by atoms with E-state index in [1.54, 1.807) is 13.0 Å². The van der Waals surface area contributed by atoms with Gasteiger partial charge in [-0.15, -0.1) is 11.8 Å². The highest BCUT2D eigenvalue weighted by Crippen LogP contribution is 2.34. The fourth-order valence-corrected chi connectivity index (χ4v) is 5.36. The maximum absolute atomic E-state index is 12.6. The number of hydrogen-bond acceptors (Lipinski definition) is 6. The molecule has 0 spiro atoms. The summed E-state index contributed by atoms with van der Waals surface area (Å²) in [6, 6.07) is 3.24. The number of hydrogen-bond donors (Lipinski definition) is 1. The first-order chi connectivity index (χ1) is 9.39. The predicted molar refractivity (Wildman–Crippen MR) is 71.3 cm³/mol. The Morgan fingerprint density at radius 1 is 1.65 bits per heavy atom. The molecular formula is C11H11N3O4S2. The van der Waals surface area contributed by atoms with Crippen LogP contribution in [0.2, 0.25) is 0 Å². The Hall–Kier alpha value is -1.63. The minimum absolute atomic E-state index is 0.178. The van der Waals surface area contributed by atoms with E-state index in [-0.39, 0.29) is 16.3 Å². The van der Waals surface area contributed by atoms with Crippen molar-refractivity contribution in [3.63, 3.8) is 0 Å². The van der Waals surface area contributed by atoms with Gasteiger partial charge in [-0.2, -0.15) is 9.57 Å². The van der Waals surface area contributed by atoms with Crippen LogP contribution in [0.1, 0.15) is 12.6 Å². The van der Waals surface area contributed by atoms with Crippen LogP contribution in [0, 0.1) is 11.3 Å². The van der Waals surface area contributed by atoms with Gasteiger partial charge >= 0.3 is 5.97 Å². The van der Waals surface area contributed by atoms with Crippen LogP contribution in [-0.2, 0) is 14.8 Å². The monoisotopic (exact) mass is 313 g/mol. The molecule has 7 nitrogen and oxygen atoms in total. The van der Waals surface area contributed by atoms with Crippen molar-refractivity contribution < 1.29 is 18.3 Å². The number of rotatable bonds is 3. The van der Waals surface area contributed by atoms with E-state index in [0.717, 1.165) is 4.31 Å². The van der Waals surface area contributed by atoms with Crippen LogP contribution in [0.25, 0.3) is 0 Å². The quantitative estimate of drug-likeness (QED) is 0.864. The van der Waals surface area contributed by atoms with Gasteiger partial charge in [-0.05, 0) is 19.1 Å². The van der Waals surface area contributed by atoms with Crippen molar-refractivity contribution in [3.8, 4) is 6.07 Å². The summed E-state index contributed by atoms with van der Waals surface area (Å²) in [4.78, 5) is 14.6. The summed E-state index contributed by atoms with van der Waals surface area (Å²) in [5.74, 6) is -1.02. The second-order valence-corrected chi connectivity index (χ2v) is 7.24. The zero-order valence-electron chi connectivity index (χ0n) is 10.4. The molecule has 0 amide bonds. The predicted octanol–water partition coefficient (Wildman–Crippen LogP) is 0.490. The van der Waals surface area contributed by atoms with Crippen LogP contribution in [0.4, 0.5) is 0 Å². The first kappa shape index (κ1) is 14.8. The maximum Gasteiger partial charge on any atom is 0.322 e. The van der Waals surface area contributed by atoms with E-state index in [4.69, 9.17) is 10.4 Å². The molecule has 2 rings (SSSR count). The van der Waals surface area contributed by atoms with E-state index in [9.17, 15) is 13.2 Å². The average molecular weight is 313 g/mol. The van der Waals surface area contributed by atoms with Gasteiger partial charge in [-0.25, -0.2) is 13.4 Å². The molecule has 9 heteroatoms.